The fourth-order valence-corrected chi connectivity index (χ4v) is 2.00. The van der Waals surface area contributed by atoms with Gasteiger partial charge in [0.15, 0.2) is 0 Å². The number of aliphatic imine (C=N–C) groups is 1. The molecule has 0 aromatic carbocycles. The molecule has 0 saturated heterocycles. The number of pyridine rings is 1. The number of thioether (sulfide) groups is 1. The van der Waals surface area contributed by atoms with E-state index in [-0.39, 0.29) is 0 Å². The van der Waals surface area contributed by atoms with Gasteiger partial charge in [0.2, 0.25) is 0 Å². The van der Waals surface area contributed by atoms with E-state index in [0.717, 1.165) is 27.7 Å². The van der Waals surface area contributed by atoms with Gasteiger partial charge in [0, 0.05) is 11.3 Å². The molecule has 0 aliphatic carbocycles. The molecule has 96 valence electrons. The van der Waals surface area contributed by atoms with Crippen LogP contribution in [0.3, 0.4) is 0 Å². The van der Waals surface area contributed by atoms with Crippen LogP contribution in [0.25, 0.3) is 6.08 Å². The zero-order valence-corrected chi connectivity index (χ0v) is 12.6. The zero-order valence-electron chi connectivity index (χ0n) is 11.7. The van der Waals surface area contributed by atoms with Gasteiger partial charge in [-0.15, -0.1) is 11.8 Å². The Labute approximate surface area is 114 Å². The summed E-state index contributed by atoms with van der Waals surface area (Å²) >= 11 is 1.65. The average molecular weight is 260 g/mol. The Balaban J connectivity index is 3.44. The van der Waals surface area contributed by atoms with Crippen molar-refractivity contribution >= 4 is 28.6 Å². The van der Waals surface area contributed by atoms with Crippen molar-refractivity contribution in [3.8, 4) is 0 Å². The second kappa shape index (κ2) is 6.55. The first-order valence-corrected chi connectivity index (χ1v) is 7.10. The maximum Gasteiger partial charge on any atom is 0.0886 e. The molecule has 0 aliphatic heterocycles. The highest BCUT2D eigenvalue weighted by Gasteiger charge is 2.10. The number of hydrogen-bond donors (Lipinski definition) is 0. The summed E-state index contributed by atoms with van der Waals surface area (Å²) in [6.07, 6.45) is 7.78. The lowest BCUT2D eigenvalue weighted by Gasteiger charge is -2.11. The molecule has 0 saturated carbocycles. The van der Waals surface area contributed by atoms with Crippen LogP contribution in [-0.2, 0) is 0 Å². The number of allylic oxidation sites excluding steroid dienone is 2. The largest absolute Gasteiger partial charge is 0.256 e. The van der Waals surface area contributed by atoms with Gasteiger partial charge in [-0.3, -0.25) is 4.98 Å². The van der Waals surface area contributed by atoms with E-state index in [1.807, 2.05) is 39.2 Å². The molecule has 0 N–H and O–H groups in total. The van der Waals surface area contributed by atoms with Gasteiger partial charge in [0.1, 0.15) is 0 Å². The maximum atomic E-state index is 4.64. The molecule has 18 heavy (non-hydrogen) atoms. The van der Waals surface area contributed by atoms with Gasteiger partial charge in [0.05, 0.1) is 16.4 Å². The fourth-order valence-electron chi connectivity index (χ4n) is 1.81. The summed E-state index contributed by atoms with van der Waals surface area (Å²) in [4.78, 5) is 9.22. The standard InChI is InChI=1S/C15H20N2S/c1-7-8-9-14-10(2)15(17-13(5)18-6)12(4)16-11(14)3/h7-9H,1H2,2-6H3/b9-8-,17-13+. The monoisotopic (exact) mass is 260 g/mol. The molecule has 1 aromatic heterocycles. The molecule has 0 radical (unpaired) electrons. The molecule has 0 bridgehead atoms. The first-order chi connectivity index (χ1) is 8.51. The maximum absolute atomic E-state index is 4.64. The average Bonchev–Trinajstić information content (AvgIpc) is 2.33. The Morgan fingerprint density at radius 2 is 1.94 bits per heavy atom. The van der Waals surface area contributed by atoms with E-state index < -0.39 is 0 Å². The van der Waals surface area contributed by atoms with Crippen molar-refractivity contribution in [2.45, 2.75) is 27.7 Å². The Morgan fingerprint density at radius 1 is 1.28 bits per heavy atom. The molecule has 0 amide bonds. The quantitative estimate of drug-likeness (QED) is 0.450. The minimum absolute atomic E-state index is 0.981. The predicted octanol–water partition coefficient (Wildman–Crippen LogP) is 4.62. The van der Waals surface area contributed by atoms with E-state index in [1.165, 1.54) is 5.56 Å². The molecule has 3 heteroatoms. The van der Waals surface area contributed by atoms with Gasteiger partial charge in [-0.2, -0.15) is 0 Å². The highest BCUT2D eigenvalue weighted by atomic mass is 32.2. The van der Waals surface area contributed by atoms with Crippen LogP contribution >= 0.6 is 11.8 Å². The number of aromatic nitrogens is 1. The smallest absolute Gasteiger partial charge is 0.0886 e. The zero-order chi connectivity index (χ0) is 13.7. The van der Waals surface area contributed by atoms with Crippen molar-refractivity contribution in [1.82, 2.24) is 4.98 Å². The van der Waals surface area contributed by atoms with Crippen LogP contribution in [-0.4, -0.2) is 16.3 Å². The minimum Gasteiger partial charge on any atom is -0.256 e. The Hall–Kier alpha value is -1.35. The van der Waals surface area contributed by atoms with Crippen LogP contribution in [0.5, 0.6) is 0 Å². The van der Waals surface area contributed by atoms with Crippen molar-refractivity contribution in [1.29, 1.82) is 0 Å². The van der Waals surface area contributed by atoms with Gasteiger partial charge >= 0.3 is 0 Å². The Bertz CT molecular complexity index is 514. The third kappa shape index (κ3) is 3.33. The molecule has 0 spiro atoms. The van der Waals surface area contributed by atoms with E-state index in [0.29, 0.717) is 0 Å². The lowest BCUT2D eigenvalue weighted by atomic mass is 10.0. The van der Waals surface area contributed by atoms with Gasteiger partial charge in [0.25, 0.3) is 0 Å². The molecular formula is C15H20N2S. The molecule has 0 atom stereocenters. The lowest BCUT2D eigenvalue weighted by molar-refractivity contribution is 1.09. The molecular weight excluding hydrogens is 240 g/mol. The summed E-state index contributed by atoms with van der Waals surface area (Å²) < 4.78 is 0. The predicted molar refractivity (Wildman–Crippen MR) is 84.0 cm³/mol. The van der Waals surface area contributed by atoms with E-state index >= 15 is 0 Å². The SMILES string of the molecule is C=C/C=C\c1c(C)nc(C)c(/N=C(\C)SC)c1C. The van der Waals surface area contributed by atoms with Crippen LogP contribution < -0.4 is 0 Å². The number of rotatable bonds is 3. The van der Waals surface area contributed by atoms with E-state index in [4.69, 9.17) is 0 Å². The van der Waals surface area contributed by atoms with Gasteiger partial charge < -0.3 is 0 Å². The lowest BCUT2D eigenvalue weighted by Crippen LogP contribution is -1.96. The summed E-state index contributed by atoms with van der Waals surface area (Å²) in [7, 11) is 0. The molecule has 2 nitrogen and oxygen atoms in total. The van der Waals surface area contributed by atoms with Gasteiger partial charge in [-0.1, -0.05) is 24.8 Å². The molecule has 1 rings (SSSR count). The highest BCUT2D eigenvalue weighted by Crippen LogP contribution is 2.29. The van der Waals surface area contributed by atoms with E-state index in [2.05, 4.69) is 23.5 Å². The normalized spacial score (nSPS) is 12.2. The van der Waals surface area contributed by atoms with Crippen molar-refractivity contribution < 1.29 is 0 Å². The summed E-state index contributed by atoms with van der Waals surface area (Å²) in [5.41, 5.74) is 5.30. The molecule has 1 heterocycles. The van der Waals surface area contributed by atoms with Crippen molar-refractivity contribution in [3.05, 3.63) is 41.2 Å². The van der Waals surface area contributed by atoms with Crippen LogP contribution in [0.2, 0.25) is 0 Å². The van der Waals surface area contributed by atoms with Crippen LogP contribution in [0.4, 0.5) is 5.69 Å². The van der Waals surface area contributed by atoms with Crippen molar-refractivity contribution in [2.24, 2.45) is 4.99 Å². The first-order valence-electron chi connectivity index (χ1n) is 5.87. The minimum atomic E-state index is 0.981. The van der Waals surface area contributed by atoms with E-state index in [1.54, 1.807) is 17.8 Å². The molecule has 0 fully saturated rings. The second-order valence-electron chi connectivity index (χ2n) is 4.10. The number of hydrogen-bond acceptors (Lipinski definition) is 3. The van der Waals surface area contributed by atoms with Crippen LogP contribution in [0.1, 0.15) is 29.4 Å². The fraction of sp³-hybridized carbons (Fsp3) is 0.333. The topological polar surface area (TPSA) is 25.2 Å². The second-order valence-corrected chi connectivity index (χ2v) is 5.10. The third-order valence-electron chi connectivity index (χ3n) is 2.79. The third-order valence-corrected chi connectivity index (χ3v) is 3.47. The van der Waals surface area contributed by atoms with Gasteiger partial charge in [-0.25, -0.2) is 4.99 Å². The summed E-state index contributed by atoms with van der Waals surface area (Å²) in [5, 5.41) is 1.05. The van der Waals surface area contributed by atoms with Crippen LogP contribution in [0.15, 0.2) is 23.7 Å². The molecule has 0 unspecified atom stereocenters. The van der Waals surface area contributed by atoms with Crippen molar-refractivity contribution in [2.75, 3.05) is 6.26 Å². The van der Waals surface area contributed by atoms with Gasteiger partial charge in [-0.05, 0) is 39.5 Å². The van der Waals surface area contributed by atoms with E-state index in [9.17, 15) is 0 Å². The highest BCUT2D eigenvalue weighted by molar-refractivity contribution is 8.13. The number of nitrogens with zero attached hydrogens (tertiary/aromatic N) is 2. The Kier molecular flexibility index (Phi) is 5.35. The van der Waals surface area contributed by atoms with Crippen molar-refractivity contribution in [3.63, 3.8) is 0 Å². The summed E-state index contributed by atoms with van der Waals surface area (Å²) in [6, 6.07) is 0. The summed E-state index contributed by atoms with van der Waals surface area (Å²) in [5.74, 6) is 0. The summed E-state index contributed by atoms with van der Waals surface area (Å²) in [6.45, 7) is 11.8. The molecule has 1 aromatic rings. The number of aryl methyl sites for hydroxylation is 2. The molecule has 0 aliphatic rings. The first kappa shape index (κ1) is 14.7. The van der Waals surface area contributed by atoms with Crippen LogP contribution in [0, 0.1) is 20.8 Å². The Morgan fingerprint density at radius 3 is 2.50 bits per heavy atom.